The highest BCUT2D eigenvalue weighted by molar-refractivity contribution is 5.15. The second-order valence-electron chi connectivity index (χ2n) is 5.56. The Morgan fingerprint density at radius 2 is 2.00 bits per heavy atom. The van der Waals surface area contributed by atoms with Gasteiger partial charge in [-0.1, -0.05) is 6.92 Å². The van der Waals surface area contributed by atoms with Crippen LogP contribution in [0.3, 0.4) is 0 Å². The van der Waals surface area contributed by atoms with E-state index < -0.39 is 0 Å². The van der Waals surface area contributed by atoms with Gasteiger partial charge in [-0.15, -0.1) is 0 Å². The summed E-state index contributed by atoms with van der Waals surface area (Å²) in [5, 5.41) is 0. The third-order valence-corrected chi connectivity index (χ3v) is 4.15. The zero-order chi connectivity index (χ0) is 14.4. The van der Waals surface area contributed by atoms with Crippen LogP contribution in [0.15, 0.2) is 24.5 Å². The molecule has 1 aromatic heterocycles. The van der Waals surface area contributed by atoms with E-state index in [-0.39, 0.29) is 18.2 Å². The molecule has 2 N–H and O–H groups in total. The minimum Gasteiger partial charge on any atom is -0.381 e. The molecule has 0 aliphatic heterocycles. The highest BCUT2D eigenvalue weighted by Gasteiger charge is 2.28. The average molecular weight is 278 g/mol. The van der Waals surface area contributed by atoms with Crippen LogP contribution in [0.2, 0.25) is 0 Å². The van der Waals surface area contributed by atoms with Gasteiger partial charge in [0.15, 0.2) is 0 Å². The first-order chi connectivity index (χ1) is 9.74. The van der Waals surface area contributed by atoms with E-state index in [1.165, 1.54) is 0 Å². The molecule has 1 fully saturated rings. The van der Waals surface area contributed by atoms with E-state index in [0.29, 0.717) is 6.10 Å². The first-order valence-corrected chi connectivity index (χ1v) is 7.58. The molecule has 4 unspecified atom stereocenters. The Hall–Kier alpha value is -0.970. The standard InChI is InChI=1S/C16H26N2O2/c1-3-15(17)16(12-7-9-18-10-8-12)20-14-6-4-5-13(11-14)19-2/h7-10,13-16H,3-6,11,17H2,1-2H3. The number of pyridine rings is 1. The molecule has 20 heavy (non-hydrogen) atoms. The van der Waals surface area contributed by atoms with Gasteiger partial charge < -0.3 is 15.2 Å². The summed E-state index contributed by atoms with van der Waals surface area (Å²) in [6, 6.07) is 4.01. The molecule has 0 bridgehead atoms. The largest absolute Gasteiger partial charge is 0.381 e. The molecule has 4 heteroatoms. The minimum absolute atomic E-state index is 0.0142. The van der Waals surface area contributed by atoms with Gasteiger partial charge in [-0.3, -0.25) is 4.98 Å². The number of aromatic nitrogens is 1. The molecule has 1 aromatic rings. The van der Waals surface area contributed by atoms with E-state index in [1.54, 1.807) is 19.5 Å². The van der Waals surface area contributed by atoms with Crippen LogP contribution in [0.25, 0.3) is 0 Å². The Morgan fingerprint density at radius 1 is 1.30 bits per heavy atom. The number of methoxy groups -OCH3 is 1. The third-order valence-electron chi connectivity index (χ3n) is 4.15. The minimum atomic E-state index is -0.0522. The third kappa shape index (κ3) is 4.01. The molecule has 112 valence electrons. The van der Waals surface area contributed by atoms with Crippen molar-refractivity contribution < 1.29 is 9.47 Å². The Balaban J connectivity index is 2.04. The molecule has 0 radical (unpaired) electrons. The van der Waals surface area contributed by atoms with E-state index in [2.05, 4.69) is 11.9 Å². The lowest BCUT2D eigenvalue weighted by Gasteiger charge is -2.33. The lowest BCUT2D eigenvalue weighted by molar-refractivity contribution is -0.0745. The first-order valence-electron chi connectivity index (χ1n) is 7.58. The summed E-state index contributed by atoms with van der Waals surface area (Å²) >= 11 is 0. The van der Waals surface area contributed by atoms with Gasteiger partial charge in [0.2, 0.25) is 0 Å². The lowest BCUT2D eigenvalue weighted by atomic mass is 9.93. The van der Waals surface area contributed by atoms with Gasteiger partial charge >= 0.3 is 0 Å². The van der Waals surface area contributed by atoms with E-state index in [0.717, 1.165) is 37.7 Å². The van der Waals surface area contributed by atoms with Gasteiger partial charge in [0.25, 0.3) is 0 Å². The molecule has 1 aliphatic carbocycles. The summed E-state index contributed by atoms with van der Waals surface area (Å²) in [5.74, 6) is 0. The van der Waals surface area contributed by atoms with Crippen LogP contribution in [0.4, 0.5) is 0 Å². The number of nitrogens with zero attached hydrogens (tertiary/aromatic N) is 1. The van der Waals surface area contributed by atoms with E-state index >= 15 is 0 Å². The maximum Gasteiger partial charge on any atom is 0.0980 e. The van der Waals surface area contributed by atoms with Crippen molar-refractivity contribution in [3.8, 4) is 0 Å². The molecule has 1 heterocycles. The van der Waals surface area contributed by atoms with Crippen molar-refractivity contribution in [2.75, 3.05) is 7.11 Å². The van der Waals surface area contributed by atoms with E-state index in [4.69, 9.17) is 15.2 Å². The maximum atomic E-state index is 6.33. The summed E-state index contributed by atoms with van der Waals surface area (Å²) in [7, 11) is 1.78. The Morgan fingerprint density at radius 3 is 2.65 bits per heavy atom. The summed E-state index contributed by atoms with van der Waals surface area (Å²) in [6.07, 6.45) is 9.36. The van der Waals surface area contributed by atoms with Crippen molar-refractivity contribution in [1.29, 1.82) is 0 Å². The molecule has 4 atom stereocenters. The van der Waals surface area contributed by atoms with Crippen molar-refractivity contribution >= 4 is 0 Å². The fourth-order valence-corrected chi connectivity index (χ4v) is 2.84. The number of nitrogens with two attached hydrogens (primary N) is 1. The molecular weight excluding hydrogens is 252 g/mol. The van der Waals surface area contributed by atoms with Gasteiger partial charge in [-0.2, -0.15) is 0 Å². The molecule has 0 aromatic carbocycles. The Labute approximate surface area is 121 Å². The van der Waals surface area contributed by atoms with E-state index in [1.807, 2.05) is 12.1 Å². The Bertz CT molecular complexity index is 385. The lowest BCUT2D eigenvalue weighted by Crippen LogP contribution is -2.35. The van der Waals surface area contributed by atoms with Crippen LogP contribution in [-0.4, -0.2) is 30.3 Å². The summed E-state index contributed by atoms with van der Waals surface area (Å²) in [6.45, 7) is 2.10. The molecule has 2 rings (SSSR count). The van der Waals surface area contributed by atoms with Crippen LogP contribution < -0.4 is 5.73 Å². The molecular formula is C16H26N2O2. The molecule has 0 saturated heterocycles. The average Bonchev–Trinajstić information content (AvgIpc) is 2.53. The quantitative estimate of drug-likeness (QED) is 0.869. The van der Waals surface area contributed by atoms with Crippen LogP contribution in [0.5, 0.6) is 0 Å². The molecule has 4 nitrogen and oxygen atoms in total. The van der Waals surface area contributed by atoms with Gasteiger partial charge in [0.1, 0.15) is 0 Å². The number of hydrogen-bond donors (Lipinski definition) is 1. The highest BCUT2D eigenvalue weighted by atomic mass is 16.5. The fraction of sp³-hybridized carbons (Fsp3) is 0.688. The summed E-state index contributed by atoms with van der Waals surface area (Å²) < 4.78 is 11.8. The van der Waals surface area contributed by atoms with Gasteiger partial charge in [0.05, 0.1) is 18.3 Å². The number of ether oxygens (including phenoxy) is 2. The van der Waals surface area contributed by atoms with Crippen LogP contribution in [0.1, 0.15) is 50.7 Å². The van der Waals surface area contributed by atoms with Crippen molar-refractivity contribution in [1.82, 2.24) is 4.98 Å². The smallest absolute Gasteiger partial charge is 0.0980 e. The Kier molecular flexibility index (Phi) is 5.95. The van der Waals surface area contributed by atoms with Crippen molar-refractivity contribution in [3.05, 3.63) is 30.1 Å². The van der Waals surface area contributed by atoms with Crippen LogP contribution in [-0.2, 0) is 9.47 Å². The van der Waals surface area contributed by atoms with E-state index in [9.17, 15) is 0 Å². The molecule has 0 amide bonds. The van der Waals surface area contributed by atoms with Gasteiger partial charge in [-0.25, -0.2) is 0 Å². The number of rotatable bonds is 6. The van der Waals surface area contributed by atoms with Gasteiger partial charge in [0, 0.05) is 25.5 Å². The normalized spacial score (nSPS) is 26.1. The predicted octanol–water partition coefficient (Wildman–Crippen LogP) is 2.83. The van der Waals surface area contributed by atoms with Crippen molar-refractivity contribution in [3.63, 3.8) is 0 Å². The monoisotopic (exact) mass is 278 g/mol. The maximum absolute atomic E-state index is 6.33. The zero-order valence-electron chi connectivity index (χ0n) is 12.5. The summed E-state index contributed by atoms with van der Waals surface area (Å²) in [4.78, 5) is 4.07. The predicted molar refractivity (Wildman–Crippen MR) is 79.4 cm³/mol. The SMILES string of the molecule is CCC(N)C(OC1CCCC(OC)C1)c1ccncc1. The zero-order valence-corrected chi connectivity index (χ0v) is 12.5. The highest BCUT2D eigenvalue weighted by Crippen LogP contribution is 2.30. The first kappa shape index (κ1) is 15.4. The summed E-state index contributed by atoms with van der Waals surface area (Å²) in [5.41, 5.74) is 7.38. The molecule has 0 spiro atoms. The van der Waals surface area contributed by atoms with Crippen LogP contribution >= 0.6 is 0 Å². The van der Waals surface area contributed by atoms with Crippen molar-refractivity contribution in [2.24, 2.45) is 5.73 Å². The fourth-order valence-electron chi connectivity index (χ4n) is 2.84. The molecule has 1 aliphatic rings. The second kappa shape index (κ2) is 7.72. The molecule has 1 saturated carbocycles. The van der Waals surface area contributed by atoms with Crippen molar-refractivity contribution in [2.45, 2.75) is 63.4 Å². The van der Waals surface area contributed by atoms with Crippen LogP contribution in [0, 0.1) is 0 Å². The topological polar surface area (TPSA) is 57.4 Å². The number of hydrogen-bond acceptors (Lipinski definition) is 4. The second-order valence-corrected chi connectivity index (χ2v) is 5.56. The van der Waals surface area contributed by atoms with Gasteiger partial charge in [-0.05, 0) is 49.8 Å².